The lowest BCUT2D eigenvalue weighted by atomic mass is 9.90. The molecule has 1 aliphatic rings. The molecule has 1 aromatic carbocycles. The van der Waals surface area contributed by atoms with Crippen molar-refractivity contribution in [2.75, 3.05) is 5.73 Å². The van der Waals surface area contributed by atoms with Gasteiger partial charge in [-0.2, -0.15) is 16.8 Å². The van der Waals surface area contributed by atoms with E-state index in [1.54, 1.807) is 6.92 Å². The van der Waals surface area contributed by atoms with Gasteiger partial charge in [0.2, 0.25) is 0 Å². The van der Waals surface area contributed by atoms with Crippen LogP contribution in [0.5, 0.6) is 0 Å². The number of rotatable bonds is 2. The third-order valence-electron chi connectivity index (χ3n) is 3.05. The van der Waals surface area contributed by atoms with Gasteiger partial charge in [-0.25, -0.2) is 0 Å². The highest BCUT2D eigenvalue weighted by molar-refractivity contribution is 7.95. The van der Waals surface area contributed by atoms with Gasteiger partial charge in [0.25, 0.3) is 20.2 Å². The molecule has 110 valence electrons. The summed E-state index contributed by atoms with van der Waals surface area (Å²) in [6.07, 6.45) is 1.52. The SMILES string of the molecule is CC1C=C(S(=O)(=O)O)c2ccc(N)c(S(=O)(=O)O)c2C1. The van der Waals surface area contributed by atoms with Crippen molar-refractivity contribution in [1.29, 1.82) is 0 Å². The van der Waals surface area contributed by atoms with Crippen LogP contribution in [-0.4, -0.2) is 25.9 Å². The van der Waals surface area contributed by atoms with Gasteiger partial charge < -0.3 is 5.73 Å². The van der Waals surface area contributed by atoms with Crippen molar-refractivity contribution >= 4 is 30.8 Å². The zero-order chi connectivity index (χ0) is 15.3. The lowest BCUT2D eigenvalue weighted by molar-refractivity contribution is 0.480. The van der Waals surface area contributed by atoms with E-state index in [-0.39, 0.29) is 34.1 Å². The molecule has 9 heteroatoms. The van der Waals surface area contributed by atoms with E-state index in [1.165, 1.54) is 18.2 Å². The molecule has 7 nitrogen and oxygen atoms in total. The van der Waals surface area contributed by atoms with Crippen molar-refractivity contribution in [3.8, 4) is 0 Å². The Labute approximate surface area is 116 Å². The number of nitrogen functional groups attached to an aromatic ring is 1. The zero-order valence-electron chi connectivity index (χ0n) is 10.4. The van der Waals surface area contributed by atoms with Crippen molar-refractivity contribution in [3.63, 3.8) is 0 Å². The highest BCUT2D eigenvalue weighted by atomic mass is 32.2. The van der Waals surface area contributed by atoms with Crippen LogP contribution in [0.25, 0.3) is 4.91 Å². The minimum atomic E-state index is -4.60. The van der Waals surface area contributed by atoms with Crippen LogP contribution < -0.4 is 5.73 Å². The second-order valence-corrected chi connectivity index (χ2v) is 7.42. The summed E-state index contributed by atoms with van der Waals surface area (Å²) in [7, 11) is -9.10. The molecular formula is C11H13NO6S2. The van der Waals surface area contributed by atoms with Crippen LogP contribution in [0.3, 0.4) is 0 Å². The van der Waals surface area contributed by atoms with E-state index in [0.29, 0.717) is 0 Å². The predicted molar refractivity (Wildman–Crippen MR) is 73.1 cm³/mol. The topological polar surface area (TPSA) is 135 Å². The van der Waals surface area contributed by atoms with Gasteiger partial charge in [-0.3, -0.25) is 9.11 Å². The van der Waals surface area contributed by atoms with E-state index in [4.69, 9.17) is 5.73 Å². The lowest BCUT2D eigenvalue weighted by Crippen LogP contribution is -2.17. The van der Waals surface area contributed by atoms with Crippen LogP contribution in [-0.2, 0) is 26.7 Å². The minimum Gasteiger partial charge on any atom is -0.398 e. The third kappa shape index (κ3) is 2.57. The maximum atomic E-state index is 11.4. The molecule has 1 aliphatic carbocycles. The maximum Gasteiger partial charge on any atom is 0.296 e. The van der Waals surface area contributed by atoms with Crippen LogP contribution in [0.2, 0.25) is 0 Å². The number of benzene rings is 1. The molecule has 0 amide bonds. The Bertz CT molecular complexity index is 808. The zero-order valence-corrected chi connectivity index (χ0v) is 12.1. The van der Waals surface area contributed by atoms with E-state index in [9.17, 15) is 25.9 Å². The number of hydrogen-bond donors (Lipinski definition) is 3. The molecule has 1 aromatic rings. The monoisotopic (exact) mass is 319 g/mol. The second kappa shape index (κ2) is 4.55. The van der Waals surface area contributed by atoms with Crippen molar-refractivity contribution in [1.82, 2.24) is 0 Å². The van der Waals surface area contributed by atoms with Gasteiger partial charge in [0.1, 0.15) is 4.90 Å². The lowest BCUT2D eigenvalue weighted by Gasteiger charge is -2.22. The molecule has 0 aliphatic heterocycles. The van der Waals surface area contributed by atoms with Gasteiger partial charge in [-0.1, -0.05) is 19.1 Å². The Hall–Kier alpha value is -1.42. The third-order valence-corrected chi connectivity index (χ3v) is 4.96. The normalized spacial score (nSPS) is 19.4. The van der Waals surface area contributed by atoms with E-state index >= 15 is 0 Å². The predicted octanol–water partition coefficient (Wildman–Crippen LogP) is 0.936. The summed E-state index contributed by atoms with van der Waals surface area (Å²) in [6, 6.07) is 2.49. The molecule has 0 aromatic heterocycles. The largest absolute Gasteiger partial charge is 0.398 e. The van der Waals surface area contributed by atoms with Gasteiger partial charge in [0.05, 0.1) is 10.6 Å². The number of nitrogens with two attached hydrogens (primary N) is 1. The fourth-order valence-corrected chi connectivity index (χ4v) is 4.08. The fourth-order valence-electron chi connectivity index (χ4n) is 2.34. The molecule has 0 spiro atoms. The first kappa shape index (κ1) is 15.0. The maximum absolute atomic E-state index is 11.4. The smallest absolute Gasteiger partial charge is 0.296 e. The molecule has 0 radical (unpaired) electrons. The quantitative estimate of drug-likeness (QED) is 0.545. The average molecular weight is 319 g/mol. The first-order chi connectivity index (χ1) is 9.01. The van der Waals surface area contributed by atoms with Crippen LogP contribution in [0.4, 0.5) is 5.69 Å². The van der Waals surface area contributed by atoms with Gasteiger partial charge in [-0.15, -0.1) is 0 Å². The first-order valence-electron chi connectivity index (χ1n) is 5.60. The Morgan fingerprint density at radius 2 is 1.75 bits per heavy atom. The van der Waals surface area contributed by atoms with Gasteiger partial charge in [-0.05, 0) is 29.5 Å². The second-order valence-electron chi connectivity index (χ2n) is 4.67. The summed E-state index contributed by atoms with van der Waals surface area (Å²) < 4.78 is 64.1. The van der Waals surface area contributed by atoms with E-state index < -0.39 is 25.1 Å². The fraction of sp³-hybridized carbons (Fsp3) is 0.273. The number of fused-ring (bicyclic) bond motifs is 1. The number of hydrogen-bond acceptors (Lipinski definition) is 5. The minimum absolute atomic E-state index is 0.0347. The van der Waals surface area contributed by atoms with Crippen molar-refractivity contribution in [2.45, 2.75) is 18.2 Å². The molecule has 4 N–H and O–H groups in total. The van der Waals surface area contributed by atoms with E-state index in [1.807, 2.05) is 0 Å². The van der Waals surface area contributed by atoms with Crippen molar-refractivity contribution in [3.05, 3.63) is 29.3 Å². The van der Waals surface area contributed by atoms with Crippen LogP contribution in [0.15, 0.2) is 23.1 Å². The Morgan fingerprint density at radius 3 is 2.25 bits per heavy atom. The standard InChI is InChI=1S/C11H13NO6S2/c1-6-4-8-7(10(5-6)19(13,14)15)2-3-9(12)11(8)20(16,17)18/h2-3,5-6H,4,12H2,1H3,(H,13,14,15)(H,16,17,18). The summed E-state index contributed by atoms with van der Waals surface area (Å²) in [5.41, 5.74) is 5.52. The van der Waals surface area contributed by atoms with Crippen molar-refractivity contribution in [2.24, 2.45) is 5.92 Å². The summed E-state index contributed by atoms with van der Waals surface area (Å²) in [5, 5.41) is 0. The molecule has 20 heavy (non-hydrogen) atoms. The summed E-state index contributed by atoms with van der Waals surface area (Å²) in [6.45, 7) is 1.66. The molecule has 0 heterocycles. The molecule has 1 atom stereocenters. The van der Waals surface area contributed by atoms with Gasteiger partial charge in [0, 0.05) is 0 Å². The Balaban J connectivity index is 2.88. The molecule has 1 unspecified atom stereocenters. The van der Waals surface area contributed by atoms with E-state index in [2.05, 4.69) is 0 Å². The van der Waals surface area contributed by atoms with Gasteiger partial charge in [0.15, 0.2) is 0 Å². The highest BCUT2D eigenvalue weighted by Gasteiger charge is 2.31. The van der Waals surface area contributed by atoms with E-state index in [0.717, 1.165) is 0 Å². The molecule has 0 saturated heterocycles. The summed E-state index contributed by atoms with van der Waals surface area (Å²) in [4.78, 5) is -0.882. The number of anilines is 1. The Kier molecular flexibility index (Phi) is 3.41. The molecule has 2 rings (SSSR count). The summed E-state index contributed by atoms with van der Waals surface area (Å²) >= 11 is 0. The van der Waals surface area contributed by atoms with Crippen LogP contribution in [0, 0.1) is 5.92 Å². The summed E-state index contributed by atoms with van der Waals surface area (Å²) in [5.74, 6) is -0.332. The first-order valence-corrected chi connectivity index (χ1v) is 8.48. The highest BCUT2D eigenvalue weighted by Crippen LogP contribution is 2.38. The molecular weight excluding hydrogens is 306 g/mol. The molecule has 0 fully saturated rings. The van der Waals surface area contributed by atoms with Crippen LogP contribution in [0.1, 0.15) is 18.1 Å². The molecule has 0 saturated carbocycles. The average Bonchev–Trinajstić information content (AvgIpc) is 2.24. The number of allylic oxidation sites excluding steroid dienone is 1. The molecule has 0 bridgehead atoms. The van der Waals surface area contributed by atoms with Crippen LogP contribution >= 0.6 is 0 Å². The van der Waals surface area contributed by atoms with Gasteiger partial charge >= 0.3 is 0 Å². The van der Waals surface area contributed by atoms with Crippen molar-refractivity contribution < 1.29 is 25.9 Å². The Morgan fingerprint density at radius 1 is 1.15 bits per heavy atom.